The highest BCUT2D eigenvalue weighted by atomic mass is 16.2. The molecule has 2 heterocycles. The lowest BCUT2D eigenvalue weighted by Crippen LogP contribution is -2.54. The number of amides is 2. The molecule has 0 saturated carbocycles. The number of nitrogens with two attached hydrogens (primary N) is 1. The van der Waals surface area contributed by atoms with Crippen LogP contribution in [0.3, 0.4) is 0 Å². The lowest BCUT2D eigenvalue weighted by Gasteiger charge is -2.37. The van der Waals surface area contributed by atoms with E-state index in [0.29, 0.717) is 5.84 Å². The molecule has 0 aliphatic carbocycles. The smallest absolute Gasteiger partial charge is 0.346 e. The van der Waals surface area contributed by atoms with E-state index >= 15 is 0 Å². The lowest BCUT2D eigenvalue weighted by atomic mass is 9.88. The molecule has 0 aromatic rings. The number of aliphatic imine (C=N–C) groups is 1. The van der Waals surface area contributed by atoms with Crippen LogP contribution in [0.1, 0.15) is 46.0 Å². The Labute approximate surface area is 115 Å². The summed E-state index contributed by atoms with van der Waals surface area (Å²) in [4.78, 5) is 20.4. The van der Waals surface area contributed by atoms with E-state index in [4.69, 9.17) is 5.73 Å². The summed E-state index contributed by atoms with van der Waals surface area (Å²) in [6, 6.07) is -0.136. The first-order chi connectivity index (χ1) is 9.14. The van der Waals surface area contributed by atoms with Crippen molar-refractivity contribution in [3.63, 3.8) is 0 Å². The van der Waals surface area contributed by atoms with Crippen molar-refractivity contribution < 1.29 is 4.79 Å². The third-order valence-corrected chi connectivity index (χ3v) is 4.33. The van der Waals surface area contributed by atoms with E-state index in [2.05, 4.69) is 23.7 Å². The Morgan fingerprint density at radius 3 is 2.63 bits per heavy atom. The van der Waals surface area contributed by atoms with Crippen LogP contribution in [0.25, 0.3) is 0 Å². The summed E-state index contributed by atoms with van der Waals surface area (Å²) >= 11 is 0. The Bertz CT molecular complexity index is 368. The Morgan fingerprint density at radius 1 is 1.21 bits per heavy atom. The molecule has 5 nitrogen and oxygen atoms in total. The van der Waals surface area contributed by atoms with Crippen molar-refractivity contribution in [2.75, 3.05) is 26.2 Å². The summed E-state index contributed by atoms with van der Waals surface area (Å²) in [6.45, 7) is 8.31. The van der Waals surface area contributed by atoms with Gasteiger partial charge in [-0.3, -0.25) is 0 Å². The van der Waals surface area contributed by atoms with Crippen molar-refractivity contribution in [1.82, 2.24) is 9.80 Å². The monoisotopic (exact) mass is 266 g/mol. The number of amidine groups is 1. The quantitative estimate of drug-likeness (QED) is 0.844. The van der Waals surface area contributed by atoms with Crippen molar-refractivity contribution in [2.24, 2.45) is 10.7 Å². The number of nitrogens with zero attached hydrogens (tertiary/aromatic N) is 3. The first-order valence-electron chi connectivity index (χ1n) is 7.52. The minimum atomic E-state index is -0.296. The highest BCUT2D eigenvalue weighted by molar-refractivity contribution is 6.05. The first-order valence-corrected chi connectivity index (χ1v) is 7.52. The fourth-order valence-corrected chi connectivity index (χ4v) is 3.36. The van der Waals surface area contributed by atoms with Gasteiger partial charge in [0.15, 0.2) is 0 Å². The molecular formula is C14H26N4O. The van der Waals surface area contributed by atoms with Crippen molar-refractivity contribution in [3.05, 3.63) is 0 Å². The third kappa shape index (κ3) is 2.61. The molecule has 1 unspecified atom stereocenters. The zero-order valence-corrected chi connectivity index (χ0v) is 12.2. The van der Waals surface area contributed by atoms with E-state index < -0.39 is 0 Å². The van der Waals surface area contributed by atoms with Gasteiger partial charge in [-0.1, -0.05) is 13.8 Å². The summed E-state index contributed by atoms with van der Waals surface area (Å²) < 4.78 is 0. The van der Waals surface area contributed by atoms with Gasteiger partial charge in [0.05, 0.1) is 0 Å². The molecule has 1 fully saturated rings. The molecule has 1 saturated heterocycles. The lowest BCUT2D eigenvalue weighted by molar-refractivity contribution is 0.159. The molecule has 19 heavy (non-hydrogen) atoms. The van der Waals surface area contributed by atoms with Gasteiger partial charge in [0.2, 0.25) is 0 Å². The zero-order valence-electron chi connectivity index (χ0n) is 12.2. The molecule has 1 spiro atoms. The van der Waals surface area contributed by atoms with Gasteiger partial charge in [-0.2, -0.15) is 4.99 Å². The van der Waals surface area contributed by atoms with Gasteiger partial charge in [0, 0.05) is 13.1 Å². The SMILES string of the molecule is CCCN1CCCC2(CC1)C(N)=NC(=O)N2CCC. The first kappa shape index (κ1) is 14.3. The van der Waals surface area contributed by atoms with Crippen LogP contribution < -0.4 is 5.73 Å². The van der Waals surface area contributed by atoms with Gasteiger partial charge in [0.25, 0.3) is 0 Å². The fraction of sp³-hybridized carbons (Fsp3) is 0.857. The van der Waals surface area contributed by atoms with E-state index in [0.717, 1.165) is 51.9 Å². The maximum absolute atomic E-state index is 12.0. The van der Waals surface area contributed by atoms with E-state index in [1.165, 1.54) is 6.42 Å². The van der Waals surface area contributed by atoms with E-state index in [1.54, 1.807) is 0 Å². The molecular weight excluding hydrogens is 240 g/mol. The Morgan fingerprint density at radius 2 is 1.95 bits per heavy atom. The minimum Gasteiger partial charge on any atom is -0.385 e. The zero-order chi connectivity index (χ0) is 13.9. The molecule has 0 bridgehead atoms. The molecule has 2 amide bonds. The van der Waals surface area contributed by atoms with Crippen molar-refractivity contribution in [2.45, 2.75) is 51.5 Å². The molecule has 2 rings (SSSR count). The second-order valence-corrected chi connectivity index (χ2v) is 5.66. The number of likely N-dealkylation sites (tertiary alicyclic amines) is 1. The summed E-state index contributed by atoms with van der Waals surface area (Å²) in [5.74, 6) is 0.546. The Balaban J connectivity index is 2.15. The van der Waals surface area contributed by atoms with Gasteiger partial charge in [0.1, 0.15) is 11.4 Å². The topological polar surface area (TPSA) is 61.9 Å². The third-order valence-electron chi connectivity index (χ3n) is 4.33. The summed E-state index contributed by atoms with van der Waals surface area (Å²) in [5, 5.41) is 0. The van der Waals surface area contributed by atoms with Crippen LogP contribution in [0.5, 0.6) is 0 Å². The number of hydrogen-bond donors (Lipinski definition) is 1. The van der Waals surface area contributed by atoms with Crippen molar-refractivity contribution >= 4 is 11.9 Å². The van der Waals surface area contributed by atoms with Gasteiger partial charge in [-0.05, 0) is 45.2 Å². The van der Waals surface area contributed by atoms with Crippen LogP contribution >= 0.6 is 0 Å². The average Bonchev–Trinajstić information content (AvgIpc) is 2.56. The molecule has 2 N–H and O–H groups in total. The summed E-state index contributed by atoms with van der Waals surface area (Å²) in [6.07, 6.45) is 5.09. The number of carbonyl (C=O) groups excluding carboxylic acids is 1. The molecule has 0 aromatic carbocycles. The normalized spacial score (nSPS) is 28.8. The maximum atomic E-state index is 12.0. The van der Waals surface area contributed by atoms with Gasteiger partial charge in [-0.25, -0.2) is 4.79 Å². The molecule has 108 valence electrons. The standard InChI is InChI=1S/C14H26N4O/c1-3-8-17-10-5-6-14(7-11-17)12(15)16-13(19)18(14)9-4-2/h3-11H2,1-2H3,(H2,15,16,19). The average molecular weight is 266 g/mol. The molecule has 1 atom stereocenters. The van der Waals surface area contributed by atoms with Crippen LogP contribution in [0.4, 0.5) is 4.79 Å². The largest absolute Gasteiger partial charge is 0.385 e. The molecule has 2 aliphatic rings. The van der Waals surface area contributed by atoms with Crippen LogP contribution in [-0.4, -0.2) is 53.4 Å². The summed E-state index contributed by atoms with van der Waals surface area (Å²) in [7, 11) is 0. The Kier molecular flexibility index (Phi) is 4.45. The highest BCUT2D eigenvalue weighted by Crippen LogP contribution is 2.34. The van der Waals surface area contributed by atoms with Crippen LogP contribution in [0.15, 0.2) is 4.99 Å². The van der Waals surface area contributed by atoms with Gasteiger partial charge >= 0.3 is 6.03 Å². The van der Waals surface area contributed by atoms with Crippen LogP contribution in [-0.2, 0) is 0 Å². The van der Waals surface area contributed by atoms with Crippen LogP contribution in [0.2, 0.25) is 0 Å². The second-order valence-electron chi connectivity index (χ2n) is 5.66. The maximum Gasteiger partial charge on any atom is 0.346 e. The second kappa shape index (κ2) is 5.90. The predicted octanol–water partition coefficient (Wildman–Crippen LogP) is 1.82. The highest BCUT2D eigenvalue weighted by Gasteiger charge is 2.48. The fourth-order valence-electron chi connectivity index (χ4n) is 3.36. The number of urea groups is 1. The van der Waals surface area contributed by atoms with Crippen molar-refractivity contribution in [1.29, 1.82) is 0 Å². The van der Waals surface area contributed by atoms with Crippen LogP contribution in [0, 0.1) is 0 Å². The molecule has 0 radical (unpaired) electrons. The van der Waals surface area contributed by atoms with Gasteiger partial charge in [-0.15, -0.1) is 0 Å². The Hall–Kier alpha value is -1.10. The number of carbonyl (C=O) groups is 1. The van der Waals surface area contributed by atoms with Gasteiger partial charge < -0.3 is 15.5 Å². The predicted molar refractivity (Wildman–Crippen MR) is 77.3 cm³/mol. The van der Waals surface area contributed by atoms with Crippen molar-refractivity contribution in [3.8, 4) is 0 Å². The van der Waals surface area contributed by atoms with E-state index in [9.17, 15) is 4.79 Å². The van der Waals surface area contributed by atoms with E-state index in [1.807, 2.05) is 4.90 Å². The molecule has 2 aliphatic heterocycles. The number of rotatable bonds is 4. The number of hydrogen-bond acceptors (Lipinski definition) is 3. The molecule has 5 heteroatoms. The summed E-state index contributed by atoms with van der Waals surface area (Å²) in [5.41, 5.74) is 5.82. The van der Waals surface area contributed by atoms with E-state index in [-0.39, 0.29) is 11.6 Å². The minimum absolute atomic E-state index is 0.136. The molecule has 0 aromatic heterocycles.